The second kappa shape index (κ2) is 7.58. The van der Waals surface area contributed by atoms with E-state index in [9.17, 15) is 18.0 Å². The van der Waals surface area contributed by atoms with Crippen molar-refractivity contribution < 1.29 is 18.0 Å². The Morgan fingerprint density at radius 3 is 2.15 bits per heavy atom. The van der Waals surface area contributed by atoms with Gasteiger partial charge in [-0.2, -0.15) is 0 Å². The molecule has 0 aliphatic heterocycles. The Balaban J connectivity index is 1.67. The highest BCUT2D eigenvalue weighted by Crippen LogP contribution is 2.30. The molecule has 2 amide bonds. The molecule has 0 aromatic heterocycles. The molecule has 1 saturated carbocycles. The number of carbonyl (C=O) groups excluding carboxylic acids is 2. The average Bonchev–Trinajstić information content (AvgIpc) is 3.42. The first kappa shape index (κ1) is 19.2. The Bertz CT molecular complexity index is 986. The molecule has 142 valence electrons. The Hall–Kier alpha value is -2.58. The third kappa shape index (κ3) is 5.45. The highest BCUT2D eigenvalue weighted by atomic mass is 35.5. The van der Waals surface area contributed by atoms with E-state index in [1.165, 1.54) is 18.2 Å². The van der Waals surface area contributed by atoms with E-state index in [-0.39, 0.29) is 28.1 Å². The second-order valence-electron chi connectivity index (χ2n) is 6.36. The van der Waals surface area contributed by atoms with Crippen molar-refractivity contribution in [1.29, 1.82) is 0 Å². The fourth-order valence-corrected chi connectivity index (χ4v) is 3.16. The second-order valence-corrected chi connectivity index (χ2v) is 8.52. The summed E-state index contributed by atoms with van der Waals surface area (Å²) in [5.41, 5.74) is 1.58. The number of amides is 2. The molecule has 0 bridgehead atoms. The van der Waals surface area contributed by atoms with Crippen LogP contribution < -0.4 is 15.4 Å². The molecule has 0 spiro atoms. The Kier molecular flexibility index (Phi) is 5.38. The normalized spacial score (nSPS) is 13.7. The molecule has 3 rings (SSSR count). The molecule has 7 nitrogen and oxygen atoms in total. The number of hydrogen-bond donors (Lipinski definition) is 3. The number of carbonyl (C=O) groups is 2. The van der Waals surface area contributed by atoms with Crippen LogP contribution in [0.4, 0.5) is 17.1 Å². The van der Waals surface area contributed by atoms with Crippen molar-refractivity contribution in [3.05, 3.63) is 53.1 Å². The summed E-state index contributed by atoms with van der Waals surface area (Å²) in [4.78, 5) is 24.1. The molecule has 0 radical (unpaired) electrons. The van der Waals surface area contributed by atoms with Gasteiger partial charge in [-0.3, -0.25) is 14.3 Å². The fraction of sp³-hybridized carbons (Fsp3) is 0.222. The van der Waals surface area contributed by atoms with Gasteiger partial charge in [0, 0.05) is 22.9 Å². The molecule has 27 heavy (non-hydrogen) atoms. The van der Waals surface area contributed by atoms with Crippen LogP contribution >= 0.6 is 11.6 Å². The summed E-state index contributed by atoms with van der Waals surface area (Å²) in [6, 6.07) is 11.1. The summed E-state index contributed by atoms with van der Waals surface area (Å²) < 4.78 is 25.0. The number of anilines is 3. The number of hydrogen-bond acceptors (Lipinski definition) is 4. The lowest BCUT2D eigenvalue weighted by molar-refractivity contribution is -0.117. The maximum absolute atomic E-state index is 12.4. The number of rotatable bonds is 6. The van der Waals surface area contributed by atoms with Crippen LogP contribution in [-0.2, 0) is 14.8 Å². The van der Waals surface area contributed by atoms with Crippen LogP contribution in [0.1, 0.15) is 23.2 Å². The molecular weight excluding hydrogens is 390 g/mol. The lowest BCUT2D eigenvalue weighted by Gasteiger charge is -2.10. The Labute approximate surface area is 162 Å². The van der Waals surface area contributed by atoms with E-state index in [0.29, 0.717) is 11.4 Å². The Morgan fingerprint density at radius 2 is 1.59 bits per heavy atom. The average molecular weight is 408 g/mol. The summed E-state index contributed by atoms with van der Waals surface area (Å²) in [5.74, 6) is -0.291. The zero-order valence-electron chi connectivity index (χ0n) is 14.5. The van der Waals surface area contributed by atoms with Crippen LogP contribution in [0, 0.1) is 5.92 Å². The minimum Gasteiger partial charge on any atom is -0.326 e. The predicted octanol–water partition coefficient (Wildman–Crippen LogP) is 3.31. The van der Waals surface area contributed by atoms with Gasteiger partial charge in [-0.15, -0.1) is 0 Å². The van der Waals surface area contributed by atoms with Gasteiger partial charge in [-0.25, -0.2) is 8.42 Å². The fourth-order valence-electron chi connectivity index (χ4n) is 2.37. The van der Waals surface area contributed by atoms with Crippen molar-refractivity contribution in [2.45, 2.75) is 12.8 Å². The van der Waals surface area contributed by atoms with Gasteiger partial charge in [0.15, 0.2) is 0 Å². The first-order valence-electron chi connectivity index (χ1n) is 8.21. The molecule has 0 atom stereocenters. The van der Waals surface area contributed by atoms with Gasteiger partial charge in [-0.05, 0) is 55.3 Å². The van der Waals surface area contributed by atoms with Gasteiger partial charge >= 0.3 is 0 Å². The van der Waals surface area contributed by atoms with Crippen molar-refractivity contribution in [1.82, 2.24) is 0 Å². The first-order chi connectivity index (χ1) is 12.7. The third-order valence-corrected chi connectivity index (χ3v) is 4.80. The van der Waals surface area contributed by atoms with E-state index >= 15 is 0 Å². The highest BCUT2D eigenvalue weighted by Gasteiger charge is 2.29. The topological polar surface area (TPSA) is 104 Å². The van der Waals surface area contributed by atoms with Crippen molar-refractivity contribution >= 4 is 50.5 Å². The Morgan fingerprint density at radius 1 is 1.00 bits per heavy atom. The summed E-state index contributed by atoms with van der Waals surface area (Å²) in [7, 11) is -3.52. The van der Waals surface area contributed by atoms with E-state index in [4.69, 9.17) is 11.6 Å². The number of benzene rings is 2. The van der Waals surface area contributed by atoms with Crippen molar-refractivity contribution in [2.24, 2.45) is 5.92 Å². The van der Waals surface area contributed by atoms with Crippen LogP contribution in [0.2, 0.25) is 5.02 Å². The highest BCUT2D eigenvalue weighted by molar-refractivity contribution is 7.92. The zero-order chi connectivity index (χ0) is 19.6. The van der Waals surface area contributed by atoms with Crippen molar-refractivity contribution in [3.63, 3.8) is 0 Å². The van der Waals surface area contributed by atoms with Gasteiger partial charge < -0.3 is 10.6 Å². The molecule has 0 heterocycles. The van der Waals surface area contributed by atoms with Gasteiger partial charge in [0.2, 0.25) is 15.9 Å². The van der Waals surface area contributed by atoms with Crippen LogP contribution in [-0.4, -0.2) is 26.5 Å². The van der Waals surface area contributed by atoms with E-state index < -0.39 is 15.9 Å². The minimum atomic E-state index is -3.52. The van der Waals surface area contributed by atoms with Crippen LogP contribution in [0.5, 0.6) is 0 Å². The molecular formula is C18H18ClN3O4S. The number of nitrogens with one attached hydrogen (secondary N) is 3. The third-order valence-electron chi connectivity index (χ3n) is 3.88. The quantitative estimate of drug-likeness (QED) is 0.683. The standard InChI is InChI=1S/C18H18ClN3O4S/c1-27(25,26)22-16-10-12(4-9-15(16)19)18(24)21-14-7-5-13(6-8-14)20-17(23)11-2-3-11/h4-11,22H,2-3H2,1H3,(H,20,23)(H,21,24). The first-order valence-corrected chi connectivity index (χ1v) is 10.5. The van der Waals surface area contributed by atoms with Gasteiger partial charge in [0.25, 0.3) is 5.91 Å². The van der Waals surface area contributed by atoms with Crippen LogP contribution in [0.15, 0.2) is 42.5 Å². The summed E-state index contributed by atoms with van der Waals surface area (Å²) >= 11 is 5.96. The maximum atomic E-state index is 12.4. The van der Waals surface area contributed by atoms with E-state index in [1.807, 2.05) is 0 Å². The smallest absolute Gasteiger partial charge is 0.255 e. The SMILES string of the molecule is CS(=O)(=O)Nc1cc(C(=O)Nc2ccc(NC(=O)C3CC3)cc2)ccc1Cl. The molecule has 1 aliphatic rings. The summed E-state index contributed by atoms with van der Waals surface area (Å²) in [6.45, 7) is 0. The molecule has 1 fully saturated rings. The van der Waals surface area contributed by atoms with Crippen LogP contribution in [0.3, 0.4) is 0 Å². The monoisotopic (exact) mass is 407 g/mol. The predicted molar refractivity (Wildman–Crippen MR) is 106 cm³/mol. The lowest BCUT2D eigenvalue weighted by atomic mass is 10.2. The van der Waals surface area contributed by atoms with E-state index in [1.54, 1.807) is 24.3 Å². The molecule has 1 aliphatic carbocycles. The van der Waals surface area contributed by atoms with Gasteiger partial charge in [0.1, 0.15) is 0 Å². The number of sulfonamides is 1. The molecule has 0 saturated heterocycles. The van der Waals surface area contributed by atoms with Gasteiger partial charge in [0.05, 0.1) is 17.0 Å². The number of halogens is 1. The minimum absolute atomic E-state index is 0.0128. The maximum Gasteiger partial charge on any atom is 0.255 e. The lowest BCUT2D eigenvalue weighted by Crippen LogP contribution is -2.15. The molecule has 3 N–H and O–H groups in total. The largest absolute Gasteiger partial charge is 0.326 e. The van der Waals surface area contributed by atoms with Crippen molar-refractivity contribution in [3.8, 4) is 0 Å². The summed E-state index contributed by atoms with van der Waals surface area (Å²) in [5, 5.41) is 5.72. The van der Waals surface area contributed by atoms with Gasteiger partial charge in [-0.1, -0.05) is 11.6 Å². The van der Waals surface area contributed by atoms with E-state index in [0.717, 1.165) is 19.1 Å². The van der Waals surface area contributed by atoms with Crippen LogP contribution in [0.25, 0.3) is 0 Å². The molecule has 0 unspecified atom stereocenters. The zero-order valence-corrected chi connectivity index (χ0v) is 16.0. The summed E-state index contributed by atoms with van der Waals surface area (Å²) in [6.07, 6.45) is 2.86. The molecule has 2 aromatic carbocycles. The molecule has 9 heteroatoms. The molecule has 2 aromatic rings. The van der Waals surface area contributed by atoms with Crippen molar-refractivity contribution in [2.75, 3.05) is 21.6 Å². The van der Waals surface area contributed by atoms with E-state index in [2.05, 4.69) is 15.4 Å².